The van der Waals surface area contributed by atoms with Crippen molar-refractivity contribution in [3.8, 4) is 0 Å². The number of methoxy groups -OCH3 is 1. The van der Waals surface area contributed by atoms with Gasteiger partial charge in [-0.25, -0.2) is 0 Å². The first kappa shape index (κ1) is 11.6. The zero-order chi connectivity index (χ0) is 11.4. The maximum absolute atomic E-state index is 5.65. The van der Waals surface area contributed by atoms with Crippen molar-refractivity contribution in [2.24, 2.45) is 0 Å². The second kappa shape index (κ2) is 5.46. The second-order valence-corrected chi connectivity index (χ2v) is 4.47. The summed E-state index contributed by atoms with van der Waals surface area (Å²) in [5, 5.41) is 0. The fraction of sp³-hybridized carbons (Fsp3) is 0.571. The number of hydrogen-bond acceptors (Lipinski definition) is 2. The van der Waals surface area contributed by atoms with Gasteiger partial charge in [0.25, 0.3) is 0 Å². The third kappa shape index (κ3) is 2.45. The van der Waals surface area contributed by atoms with Gasteiger partial charge in [-0.3, -0.25) is 0 Å². The molecule has 1 aromatic carbocycles. The van der Waals surface area contributed by atoms with Crippen LogP contribution in [0.4, 0.5) is 0 Å². The second-order valence-electron chi connectivity index (χ2n) is 4.47. The molecule has 1 heterocycles. The van der Waals surface area contributed by atoms with Crippen LogP contribution in [0.25, 0.3) is 0 Å². The Morgan fingerprint density at radius 1 is 1.31 bits per heavy atom. The van der Waals surface area contributed by atoms with E-state index in [1.54, 1.807) is 0 Å². The Hall–Kier alpha value is -0.860. The Bertz CT molecular complexity index is 312. The summed E-state index contributed by atoms with van der Waals surface area (Å²) in [7, 11) is 1.83. The highest BCUT2D eigenvalue weighted by Crippen LogP contribution is 2.29. The van der Waals surface area contributed by atoms with E-state index >= 15 is 0 Å². The van der Waals surface area contributed by atoms with E-state index in [9.17, 15) is 0 Å². The number of benzene rings is 1. The van der Waals surface area contributed by atoms with Crippen molar-refractivity contribution in [2.75, 3.05) is 26.7 Å². The van der Waals surface area contributed by atoms with Crippen molar-refractivity contribution in [3.05, 3.63) is 35.9 Å². The fourth-order valence-corrected chi connectivity index (χ4v) is 2.59. The van der Waals surface area contributed by atoms with Gasteiger partial charge in [0.1, 0.15) is 0 Å². The third-order valence-corrected chi connectivity index (χ3v) is 3.62. The predicted molar refractivity (Wildman–Crippen MR) is 66.7 cm³/mol. The van der Waals surface area contributed by atoms with Gasteiger partial charge in [-0.15, -0.1) is 0 Å². The first-order valence-corrected chi connectivity index (χ1v) is 6.15. The van der Waals surface area contributed by atoms with E-state index in [0.717, 1.165) is 13.1 Å². The van der Waals surface area contributed by atoms with E-state index in [2.05, 4.69) is 42.2 Å². The van der Waals surface area contributed by atoms with E-state index in [1.807, 2.05) is 7.11 Å². The van der Waals surface area contributed by atoms with Crippen LogP contribution >= 0.6 is 0 Å². The monoisotopic (exact) mass is 219 g/mol. The van der Waals surface area contributed by atoms with Crippen molar-refractivity contribution in [3.63, 3.8) is 0 Å². The van der Waals surface area contributed by atoms with E-state index in [0.29, 0.717) is 12.0 Å². The molecule has 2 unspecified atom stereocenters. The van der Waals surface area contributed by atoms with E-state index in [4.69, 9.17) is 4.74 Å². The summed E-state index contributed by atoms with van der Waals surface area (Å²) in [6.45, 7) is 5.60. The van der Waals surface area contributed by atoms with Gasteiger partial charge in [-0.1, -0.05) is 37.3 Å². The number of piperidine rings is 1. The molecule has 0 radical (unpaired) electrons. The molecular weight excluding hydrogens is 198 g/mol. The highest BCUT2D eigenvalue weighted by molar-refractivity contribution is 5.21. The van der Waals surface area contributed by atoms with Gasteiger partial charge in [0.2, 0.25) is 0 Å². The van der Waals surface area contributed by atoms with Gasteiger partial charge in [0, 0.05) is 19.6 Å². The summed E-state index contributed by atoms with van der Waals surface area (Å²) < 4.78 is 5.65. The van der Waals surface area contributed by atoms with E-state index < -0.39 is 0 Å². The van der Waals surface area contributed by atoms with Crippen molar-refractivity contribution in [1.82, 2.24) is 4.90 Å². The Morgan fingerprint density at radius 3 is 2.69 bits per heavy atom. The maximum Gasteiger partial charge on any atom is 0.0767 e. The molecule has 1 aliphatic rings. The topological polar surface area (TPSA) is 12.5 Å². The quantitative estimate of drug-likeness (QED) is 0.774. The number of ether oxygens (including phenoxy) is 1. The molecule has 1 aromatic rings. The average Bonchev–Trinajstić information content (AvgIpc) is 2.39. The third-order valence-electron chi connectivity index (χ3n) is 3.62. The van der Waals surface area contributed by atoms with Gasteiger partial charge in [0.05, 0.1) is 6.10 Å². The molecular formula is C14H21NO. The van der Waals surface area contributed by atoms with Crippen LogP contribution in [0, 0.1) is 0 Å². The standard InChI is InChI=1S/C14H21NO/c1-3-15-10-9-13(14(11-15)16-2)12-7-5-4-6-8-12/h4-8,13-14H,3,9-11H2,1-2H3. The molecule has 0 spiro atoms. The molecule has 88 valence electrons. The molecule has 0 bridgehead atoms. The number of likely N-dealkylation sites (tertiary alicyclic amines) is 1. The number of likely N-dealkylation sites (N-methyl/N-ethyl adjacent to an activating group) is 1. The Balaban J connectivity index is 2.10. The van der Waals surface area contributed by atoms with Crippen LogP contribution in [0.2, 0.25) is 0 Å². The highest BCUT2D eigenvalue weighted by Gasteiger charge is 2.29. The molecule has 1 saturated heterocycles. The summed E-state index contributed by atoms with van der Waals surface area (Å²) in [5.41, 5.74) is 1.42. The molecule has 1 fully saturated rings. The fourth-order valence-electron chi connectivity index (χ4n) is 2.59. The normalized spacial score (nSPS) is 26.9. The lowest BCUT2D eigenvalue weighted by Gasteiger charge is -2.37. The van der Waals surface area contributed by atoms with E-state index in [-0.39, 0.29) is 0 Å². The molecule has 0 aliphatic carbocycles. The van der Waals surface area contributed by atoms with Crippen LogP contribution < -0.4 is 0 Å². The lowest BCUT2D eigenvalue weighted by molar-refractivity contribution is 0.0164. The summed E-state index contributed by atoms with van der Waals surface area (Å²) >= 11 is 0. The maximum atomic E-state index is 5.65. The smallest absolute Gasteiger partial charge is 0.0767 e. The zero-order valence-corrected chi connectivity index (χ0v) is 10.2. The van der Waals surface area contributed by atoms with Crippen LogP contribution in [0.1, 0.15) is 24.8 Å². The summed E-state index contributed by atoms with van der Waals surface area (Å²) in [6, 6.07) is 10.8. The summed E-state index contributed by atoms with van der Waals surface area (Å²) in [5.74, 6) is 0.564. The molecule has 0 N–H and O–H groups in total. The van der Waals surface area contributed by atoms with Crippen LogP contribution in [0.15, 0.2) is 30.3 Å². The van der Waals surface area contributed by atoms with Gasteiger partial charge in [-0.05, 0) is 25.1 Å². The summed E-state index contributed by atoms with van der Waals surface area (Å²) in [4.78, 5) is 2.47. The largest absolute Gasteiger partial charge is 0.379 e. The number of rotatable bonds is 3. The van der Waals surface area contributed by atoms with Crippen molar-refractivity contribution >= 4 is 0 Å². The first-order valence-electron chi connectivity index (χ1n) is 6.15. The molecule has 0 saturated carbocycles. The van der Waals surface area contributed by atoms with Crippen LogP contribution in [0.5, 0.6) is 0 Å². The molecule has 2 atom stereocenters. The Kier molecular flexibility index (Phi) is 3.97. The molecule has 0 amide bonds. The Morgan fingerprint density at radius 2 is 2.06 bits per heavy atom. The summed E-state index contributed by atoms with van der Waals surface area (Å²) in [6.07, 6.45) is 1.55. The molecule has 1 aliphatic heterocycles. The minimum Gasteiger partial charge on any atom is -0.379 e. The predicted octanol–water partition coefficient (Wildman–Crippen LogP) is 2.51. The van der Waals surface area contributed by atoms with E-state index in [1.165, 1.54) is 18.5 Å². The van der Waals surface area contributed by atoms with Gasteiger partial charge in [-0.2, -0.15) is 0 Å². The number of nitrogens with zero attached hydrogens (tertiary/aromatic N) is 1. The van der Waals surface area contributed by atoms with Crippen LogP contribution in [0.3, 0.4) is 0 Å². The van der Waals surface area contributed by atoms with Crippen molar-refractivity contribution in [1.29, 1.82) is 0 Å². The Labute approximate surface area is 98.2 Å². The van der Waals surface area contributed by atoms with Crippen molar-refractivity contribution < 1.29 is 4.74 Å². The molecule has 2 nitrogen and oxygen atoms in total. The molecule has 16 heavy (non-hydrogen) atoms. The highest BCUT2D eigenvalue weighted by atomic mass is 16.5. The lowest BCUT2D eigenvalue weighted by Crippen LogP contribution is -2.43. The first-order chi connectivity index (χ1) is 7.85. The molecule has 0 aromatic heterocycles. The minimum atomic E-state index is 0.344. The van der Waals surface area contributed by atoms with Gasteiger partial charge in [0.15, 0.2) is 0 Å². The zero-order valence-electron chi connectivity index (χ0n) is 10.2. The van der Waals surface area contributed by atoms with Gasteiger partial charge >= 0.3 is 0 Å². The SMILES string of the molecule is CCN1CCC(c2ccccc2)C(OC)C1. The minimum absolute atomic E-state index is 0.344. The number of hydrogen-bond donors (Lipinski definition) is 0. The molecule has 2 heteroatoms. The van der Waals surface area contributed by atoms with Crippen molar-refractivity contribution in [2.45, 2.75) is 25.4 Å². The molecule has 2 rings (SSSR count). The average molecular weight is 219 g/mol. The van der Waals surface area contributed by atoms with Crippen LogP contribution in [-0.4, -0.2) is 37.7 Å². The van der Waals surface area contributed by atoms with Crippen LogP contribution in [-0.2, 0) is 4.74 Å². The van der Waals surface area contributed by atoms with Gasteiger partial charge < -0.3 is 9.64 Å². The lowest BCUT2D eigenvalue weighted by atomic mass is 9.87.